The molecule has 18 heavy (non-hydrogen) atoms. The fraction of sp³-hybridized carbons (Fsp3) is 0.462. The summed E-state index contributed by atoms with van der Waals surface area (Å²) >= 11 is 0. The minimum absolute atomic E-state index is 0.287. The quantitative estimate of drug-likeness (QED) is 0.634. The van der Waals surface area contributed by atoms with Gasteiger partial charge in [-0.1, -0.05) is 12.1 Å². The highest BCUT2D eigenvalue weighted by molar-refractivity contribution is 5.67. The van der Waals surface area contributed by atoms with Crippen molar-refractivity contribution in [1.82, 2.24) is 10.4 Å². The molecule has 5 heteroatoms. The molecule has 0 saturated carbocycles. The van der Waals surface area contributed by atoms with Gasteiger partial charge < -0.3 is 15.5 Å². The summed E-state index contributed by atoms with van der Waals surface area (Å²) in [5.41, 5.74) is 10.0. The number of carbonyl (C=O) groups is 1. The number of nitrogen functional groups attached to an aromatic ring is 1. The summed E-state index contributed by atoms with van der Waals surface area (Å²) in [4.78, 5) is 18.4. The molecule has 5 nitrogen and oxygen atoms in total. The molecule has 0 aliphatic carbocycles. The lowest BCUT2D eigenvalue weighted by Crippen LogP contribution is -2.38. The molecule has 1 aliphatic rings. The molecular weight excluding hydrogens is 230 g/mol. The Morgan fingerprint density at radius 1 is 1.22 bits per heavy atom. The number of hydrogen-bond donors (Lipinski definition) is 2. The second-order valence-corrected chi connectivity index (χ2v) is 4.48. The number of hydrogen-bond acceptors (Lipinski definition) is 4. The van der Waals surface area contributed by atoms with Gasteiger partial charge in [0.15, 0.2) is 0 Å². The molecule has 1 amide bonds. The highest BCUT2D eigenvalue weighted by Gasteiger charge is 2.17. The molecule has 0 spiro atoms. The van der Waals surface area contributed by atoms with Crippen LogP contribution in [0.4, 0.5) is 10.5 Å². The minimum Gasteiger partial charge on any atom is -0.399 e. The number of likely N-dealkylation sites (tertiary alicyclic amines) is 1. The topological polar surface area (TPSA) is 67.6 Å². The van der Waals surface area contributed by atoms with Crippen molar-refractivity contribution in [2.75, 3.05) is 18.8 Å². The lowest BCUT2D eigenvalue weighted by molar-refractivity contribution is 0.0477. The molecule has 1 aromatic rings. The largest absolute Gasteiger partial charge is 0.428 e. The third-order valence-corrected chi connectivity index (χ3v) is 3.03. The van der Waals surface area contributed by atoms with Crippen LogP contribution >= 0.6 is 0 Å². The maximum absolute atomic E-state index is 11.7. The highest BCUT2D eigenvalue weighted by Crippen LogP contribution is 2.09. The number of benzene rings is 1. The van der Waals surface area contributed by atoms with Crippen LogP contribution in [0, 0.1) is 0 Å². The van der Waals surface area contributed by atoms with Gasteiger partial charge in [0, 0.05) is 18.8 Å². The Balaban J connectivity index is 1.71. The molecule has 98 valence electrons. The van der Waals surface area contributed by atoms with Crippen LogP contribution in [0.1, 0.15) is 24.8 Å². The van der Waals surface area contributed by atoms with Gasteiger partial charge in [0.25, 0.3) is 0 Å². The van der Waals surface area contributed by atoms with E-state index in [9.17, 15) is 4.79 Å². The van der Waals surface area contributed by atoms with Gasteiger partial charge in [-0.05, 0) is 37.0 Å². The van der Waals surface area contributed by atoms with Crippen molar-refractivity contribution >= 4 is 11.8 Å². The number of piperidine rings is 1. The molecule has 2 rings (SSSR count). The number of nitrogens with one attached hydrogen (secondary N) is 1. The SMILES string of the molecule is Nc1ccc(CNOC(=O)N2CCCCC2)cc1. The number of carbonyl (C=O) groups excluding carboxylic acids is 1. The third-order valence-electron chi connectivity index (χ3n) is 3.03. The molecule has 0 radical (unpaired) electrons. The number of rotatable bonds is 3. The number of amides is 1. The van der Waals surface area contributed by atoms with Crippen LogP contribution in [0.3, 0.4) is 0 Å². The summed E-state index contributed by atoms with van der Waals surface area (Å²) in [5, 5.41) is 0. The summed E-state index contributed by atoms with van der Waals surface area (Å²) in [7, 11) is 0. The van der Waals surface area contributed by atoms with Gasteiger partial charge >= 0.3 is 6.09 Å². The molecule has 1 aliphatic heterocycles. The van der Waals surface area contributed by atoms with Crippen molar-refractivity contribution in [1.29, 1.82) is 0 Å². The van der Waals surface area contributed by atoms with Crippen molar-refractivity contribution in [2.45, 2.75) is 25.8 Å². The first-order valence-corrected chi connectivity index (χ1v) is 6.29. The molecule has 1 aromatic carbocycles. The number of anilines is 1. The molecular formula is C13H19N3O2. The van der Waals surface area contributed by atoms with Gasteiger partial charge in [-0.3, -0.25) is 0 Å². The summed E-state index contributed by atoms with van der Waals surface area (Å²) in [6.07, 6.45) is 3.04. The van der Waals surface area contributed by atoms with E-state index in [2.05, 4.69) is 5.48 Å². The number of nitrogens with two attached hydrogens (primary N) is 1. The Labute approximate surface area is 107 Å². The summed E-state index contributed by atoms with van der Waals surface area (Å²) in [6.45, 7) is 2.07. The summed E-state index contributed by atoms with van der Waals surface area (Å²) in [5.74, 6) is 0. The number of hydroxylamine groups is 1. The van der Waals surface area contributed by atoms with Gasteiger partial charge in [0.1, 0.15) is 0 Å². The van der Waals surface area contributed by atoms with Crippen molar-refractivity contribution in [3.8, 4) is 0 Å². The standard InChI is InChI=1S/C13H19N3O2/c14-12-6-4-11(5-7-12)10-15-18-13(17)16-8-2-1-3-9-16/h4-7,15H,1-3,8-10,14H2. The maximum Gasteiger partial charge on any atom is 0.428 e. The van der Waals surface area contributed by atoms with Crippen LogP contribution in [-0.4, -0.2) is 24.1 Å². The van der Waals surface area contributed by atoms with E-state index in [0.717, 1.165) is 37.2 Å². The Kier molecular flexibility index (Phi) is 4.41. The Hall–Kier alpha value is -1.75. The molecule has 1 saturated heterocycles. The van der Waals surface area contributed by atoms with Crippen molar-refractivity contribution in [3.63, 3.8) is 0 Å². The third kappa shape index (κ3) is 3.63. The average Bonchev–Trinajstić information content (AvgIpc) is 2.42. The average molecular weight is 249 g/mol. The zero-order valence-corrected chi connectivity index (χ0v) is 10.4. The van der Waals surface area contributed by atoms with Crippen LogP contribution < -0.4 is 11.2 Å². The van der Waals surface area contributed by atoms with E-state index in [1.807, 2.05) is 24.3 Å². The van der Waals surface area contributed by atoms with Gasteiger partial charge in [-0.25, -0.2) is 4.79 Å². The Morgan fingerprint density at radius 2 is 1.89 bits per heavy atom. The number of nitrogens with zero attached hydrogens (tertiary/aromatic N) is 1. The normalized spacial score (nSPS) is 15.4. The fourth-order valence-electron chi connectivity index (χ4n) is 1.96. The zero-order valence-electron chi connectivity index (χ0n) is 10.4. The van der Waals surface area contributed by atoms with Crippen molar-refractivity contribution in [3.05, 3.63) is 29.8 Å². The van der Waals surface area contributed by atoms with E-state index in [1.54, 1.807) is 4.90 Å². The molecule has 0 aromatic heterocycles. The van der Waals surface area contributed by atoms with Crippen LogP contribution in [0.25, 0.3) is 0 Å². The van der Waals surface area contributed by atoms with Crippen LogP contribution in [0.5, 0.6) is 0 Å². The second-order valence-electron chi connectivity index (χ2n) is 4.48. The minimum atomic E-state index is -0.287. The van der Waals surface area contributed by atoms with Gasteiger partial charge in [-0.2, -0.15) is 0 Å². The first kappa shape index (κ1) is 12.7. The molecule has 1 fully saturated rings. The predicted molar refractivity (Wildman–Crippen MR) is 69.6 cm³/mol. The van der Waals surface area contributed by atoms with Gasteiger partial charge in [-0.15, -0.1) is 5.48 Å². The molecule has 3 N–H and O–H groups in total. The molecule has 0 unspecified atom stereocenters. The van der Waals surface area contributed by atoms with Crippen LogP contribution in [-0.2, 0) is 11.4 Å². The smallest absolute Gasteiger partial charge is 0.399 e. The first-order valence-electron chi connectivity index (χ1n) is 6.29. The molecule has 0 bridgehead atoms. The lowest BCUT2D eigenvalue weighted by Gasteiger charge is -2.25. The zero-order chi connectivity index (χ0) is 12.8. The summed E-state index contributed by atoms with van der Waals surface area (Å²) in [6, 6.07) is 7.45. The second kappa shape index (κ2) is 6.26. The Morgan fingerprint density at radius 3 is 2.56 bits per heavy atom. The highest BCUT2D eigenvalue weighted by atomic mass is 16.7. The Bertz CT molecular complexity index is 386. The van der Waals surface area contributed by atoms with Gasteiger partial charge in [0.05, 0.1) is 6.54 Å². The van der Waals surface area contributed by atoms with Crippen LogP contribution in [0.15, 0.2) is 24.3 Å². The van der Waals surface area contributed by atoms with Crippen molar-refractivity contribution in [2.24, 2.45) is 0 Å². The fourth-order valence-corrected chi connectivity index (χ4v) is 1.96. The lowest BCUT2D eigenvalue weighted by atomic mass is 10.1. The predicted octanol–water partition coefficient (Wildman–Crippen LogP) is 1.90. The molecule has 0 atom stereocenters. The van der Waals surface area contributed by atoms with Crippen molar-refractivity contribution < 1.29 is 9.63 Å². The van der Waals surface area contributed by atoms with E-state index in [-0.39, 0.29) is 6.09 Å². The van der Waals surface area contributed by atoms with E-state index < -0.39 is 0 Å². The van der Waals surface area contributed by atoms with E-state index in [4.69, 9.17) is 10.6 Å². The van der Waals surface area contributed by atoms with E-state index >= 15 is 0 Å². The monoisotopic (exact) mass is 249 g/mol. The van der Waals surface area contributed by atoms with Gasteiger partial charge in [0.2, 0.25) is 0 Å². The van der Waals surface area contributed by atoms with E-state index in [0.29, 0.717) is 6.54 Å². The summed E-state index contributed by atoms with van der Waals surface area (Å²) < 4.78 is 0. The van der Waals surface area contributed by atoms with Crippen LogP contribution in [0.2, 0.25) is 0 Å². The van der Waals surface area contributed by atoms with E-state index in [1.165, 1.54) is 6.42 Å². The molecule has 1 heterocycles. The first-order chi connectivity index (χ1) is 8.75. The maximum atomic E-state index is 11.7.